The van der Waals surface area contributed by atoms with Crippen molar-refractivity contribution >= 4 is 16.8 Å². The maximum Gasteiger partial charge on any atom is 0.287 e. The number of nitrogens with zero attached hydrogens (tertiary/aromatic N) is 2. The van der Waals surface area contributed by atoms with Crippen LogP contribution in [-0.2, 0) is 11.3 Å². The fourth-order valence-corrected chi connectivity index (χ4v) is 2.89. The van der Waals surface area contributed by atoms with E-state index in [4.69, 9.17) is 9.47 Å². The third-order valence-electron chi connectivity index (χ3n) is 4.31. The van der Waals surface area contributed by atoms with Crippen LogP contribution in [0.1, 0.15) is 22.6 Å². The summed E-state index contributed by atoms with van der Waals surface area (Å²) in [7, 11) is 0. The van der Waals surface area contributed by atoms with Crippen molar-refractivity contribution in [2.24, 2.45) is 0 Å². The highest BCUT2D eigenvalue weighted by molar-refractivity contribution is 5.92. The van der Waals surface area contributed by atoms with E-state index in [0.29, 0.717) is 19.1 Å². The smallest absolute Gasteiger partial charge is 0.287 e. The predicted molar refractivity (Wildman–Crippen MR) is 97.6 cm³/mol. The minimum Gasteiger partial charge on any atom is -0.472 e. The van der Waals surface area contributed by atoms with Crippen molar-refractivity contribution in [3.05, 3.63) is 64.1 Å². The molecule has 3 aromatic rings. The Balaban J connectivity index is 1.45. The van der Waals surface area contributed by atoms with Crippen LogP contribution in [0.15, 0.2) is 41.3 Å². The Kier molecular flexibility index (Phi) is 4.98. The molecule has 1 amide bonds. The third-order valence-corrected chi connectivity index (χ3v) is 4.31. The SMILES string of the molecule is O=C(NCc1ccnc(OC2CCOC2)c1)c1nc2ccc(F)cc2c(=O)[nH]1. The predicted octanol–water partition coefficient (Wildman–Crippen LogP) is 1.55. The molecule has 3 heterocycles. The fourth-order valence-electron chi connectivity index (χ4n) is 2.89. The van der Waals surface area contributed by atoms with Crippen LogP contribution in [0.4, 0.5) is 4.39 Å². The summed E-state index contributed by atoms with van der Waals surface area (Å²) in [6, 6.07) is 7.10. The van der Waals surface area contributed by atoms with E-state index in [1.165, 1.54) is 12.1 Å². The van der Waals surface area contributed by atoms with Gasteiger partial charge >= 0.3 is 0 Å². The van der Waals surface area contributed by atoms with Gasteiger partial charge in [0.15, 0.2) is 5.82 Å². The number of fused-ring (bicyclic) bond motifs is 1. The lowest BCUT2D eigenvalue weighted by atomic mass is 10.2. The average molecular weight is 384 g/mol. The highest BCUT2D eigenvalue weighted by atomic mass is 19.1. The number of rotatable bonds is 5. The number of ether oxygens (including phenoxy) is 2. The van der Waals surface area contributed by atoms with Crippen LogP contribution in [0.2, 0.25) is 0 Å². The number of halogens is 1. The van der Waals surface area contributed by atoms with Crippen LogP contribution < -0.4 is 15.6 Å². The molecule has 0 saturated carbocycles. The van der Waals surface area contributed by atoms with E-state index in [9.17, 15) is 14.0 Å². The first-order valence-electron chi connectivity index (χ1n) is 8.75. The summed E-state index contributed by atoms with van der Waals surface area (Å²) < 4.78 is 24.3. The lowest BCUT2D eigenvalue weighted by molar-refractivity contribution is 0.0940. The maximum atomic E-state index is 13.3. The normalized spacial score (nSPS) is 16.2. The van der Waals surface area contributed by atoms with Crippen molar-refractivity contribution in [3.8, 4) is 5.88 Å². The molecular formula is C19H17FN4O4. The molecule has 28 heavy (non-hydrogen) atoms. The summed E-state index contributed by atoms with van der Waals surface area (Å²) >= 11 is 0. The Bertz CT molecular complexity index is 1080. The quantitative estimate of drug-likeness (QED) is 0.691. The van der Waals surface area contributed by atoms with Crippen molar-refractivity contribution in [2.45, 2.75) is 19.1 Å². The Morgan fingerprint density at radius 1 is 1.36 bits per heavy atom. The van der Waals surface area contributed by atoms with Crippen LogP contribution in [0.3, 0.4) is 0 Å². The largest absolute Gasteiger partial charge is 0.472 e. The highest BCUT2D eigenvalue weighted by Crippen LogP contribution is 2.15. The summed E-state index contributed by atoms with van der Waals surface area (Å²) in [4.78, 5) is 35.1. The standard InChI is InChI=1S/C19H17FN4O4/c20-12-1-2-15-14(8-12)18(25)24-17(23-15)19(26)22-9-11-3-5-21-16(7-11)28-13-4-6-27-10-13/h1-3,5,7-8,13H,4,6,9-10H2,(H,22,26)(H,23,24,25). The van der Waals surface area contributed by atoms with Gasteiger partial charge in [-0.15, -0.1) is 0 Å². The van der Waals surface area contributed by atoms with E-state index in [2.05, 4.69) is 20.3 Å². The van der Waals surface area contributed by atoms with Crippen LogP contribution in [0.25, 0.3) is 10.9 Å². The Hall–Kier alpha value is -3.33. The Morgan fingerprint density at radius 3 is 3.07 bits per heavy atom. The van der Waals surface area contributed by atoms with Gasteiger partial charge in [-0.05, 0) is 29.8 Å². The number of H-pyrrole nitrogens is 1. The monoisotopic (exact) mass is 384 g/mol. The molecule has 1 aromatic carbocycles. The van der Waals surface area contributed by atoms with Crippen molar-refractivity contribution in [2.75, 3.05) is 13.2 Å². The Morgan fingerprint density at radius 2 is 2.25 bits per heavy atom. The number of nitrogens with one attached hydrogen (secondary N) is 2. The molecule has 9 heteroatoms. The summed E-state index contributed by atoms with van der Waals surface area (Å²) in [5.41, 5.74) is 0.448. The second-order valence-corrected chi connectivity index (χ2v) is 6.36. The van der Waals surface area contributed by atoms with E-state index in [-0.39, 0.29) is 29.4 Å². The summed E-state index contributed by atoms with van der Waals surface area (Å²) in [5, 5.41) is 2.77. The average Bonchev–Trinajstić information content (AvgIpc) is 3.20. The molecule has 1 atom stereocenters. The van der Waals surface area contributed by atoms with Gasteiger partial charge in [0.1, 0.15) is 11.9 Å². The van der Waals surface area contributed by atoms with Gasteiger partial charge in [-0.3, -0.25) is 9.59 Å². The minimum absolute atomic E-state index is 0.0194. The molecule has 144 valence electrons. The van der Waals surface area contributed by atoms with Crippen LogP contribution in [0.5, 0.6) is 5.88 Å². The van der Waals surface area contributed by atoms with Gasteiger partial charge in [0, 0.05) is 25.2 Å². The van der Waals surface area contributed by atoms with E-state index in [0.717, 1.165) is 18.1 Å². The van der Waals surface area contributed by atoms with Crippen molar-refractivity contribution in [3.63, 3.8) is 0 Å². The van der Waals surface area contributed by atoms with Gasteiger partial charge in [0.05, 0.1) is 24.1 Å². The first-order chi connectivity index (χ1) is 13.6. The molecule has 1 fully saturated rings. The molecule has 4 rings (SSSR count). The molecular weight excluding hydrogens is 367 g/mol. The molecule has 0 bridgehead atoms. The molecule has 1 aliphatic heterocycles. The molecule has 8 nitrogen and oxygen atoms in total. The van der Waals surface area contributed by atoms with Gasteiger partial charge in [0.2, 0.25) is 5.88 Å². The highest BCUT2D eigenvalue weighted by Gasteiger charge is 2.18. The number of carbonyl (C=O) groups excluding carboxylic acids is 1. The minimum atomic E-state index is -0.576. The topological polar surface area (TPSA) is 106 Å². The number of amides is 1. The second kappa shape index (κ2) is 7.73. The second-order valence-electron chi connectivity index (χ2n) is 6.36. The zero-order chi connectivity index (χ0) is 19.5. The molecule has 2 aromatic heterocycles. The van der Waals surface area contributed by atoms with E-state index < -0.39 is 17.3 Å². The molecule has 2 N–H and O–H groups in total. The van der Waals surface area contributed by atoms with Gasteiger partial charge in [-0.1, -0.05) is 0 Å². The van der Waals surface area contributed by atoms with Crippen LogP contribution in [0, 0.1) is 5.82 Å². The van der Waals surface area contributed by atoms with Crippen molar-refractivity contribution in [1.82, 2.24) is 20.3 Å². The number of aromatic nitrogens is 3. The van der Waals surface area contributed by atoms with Gasteiger partial charge in [-0.25, -0.2) is 14.4 Å². The van der Waals surface area contributed by atoms with Crippen molar-refractivity contribution in [1.29, 1.82) is 0 Å². The summed E-state index contributed by atoms with van der Waals surface area (Å²) in [5.74, 6) is -0.775. The third kappa shape index (κ3) is 3.99. The number of carbonyl (C=O) groups is 1. The van der Waals surface area contributed by atoms with Crippen LogP contribution >= 0.6 is 0 Å². The molecule has 1 aliphatic rings. The Labute approximate surface area is 158 Å². The van der Waals surface area contributed by atoms with E-state index in [1.807, 2.05) is 0 Å². The number of hydrogen-bond acceptors (Lipinski definition) is 6. The number of hydrogen-bond donors (Lipinski definition) is 2. The lowest BCUT2D eigenvalue weighted by Gasteiger charge is -2.12. The first kappa shape index (κ1) is 18.1. The molecule has 1 unspecified atom stereocenters. The number of benzene rings is 1. The van der Waals surface area contributed by atoms with Gasteiger partial charge in [-0.2, -0.15) is 0 Å². The molecule has 1 saturated heterocycles. The molecule has 0 aliphatic carbocycles. The molecule has 0 spiro atoms. The zero-order valence-electron chi connectivity index (χ0n) is 14.8. The lowest BCUT2D eigenvalue weighted by Crippen LogP contribution is -2.27. The maximum absolute atomic E-state index is 13.3. The first-order valence-corrected chi connectivity index (χ1v) is 8.75. The van der Waals surface area contributed by atoms with Gasteiger partial charge < -0.3 is 19.8 Å². The number of pyridine rings is 1. The summed E-state index contributed by atoms with van der Waals surface area (Å²) in [6.45, 7) is 1.40. The van der Waals surface area contributed by atoms with E-state index >= 15 is 0 Å². The fraction of sp³-hybridized carbons (Fsp3) is 0.263. The number of aromatic amines is 1. The van der Waals surface area contributed by atoms with Crippen LogP contribution in [-0.4, -0.2) is 40.2 Å². The summed E-state index contributed by atoms with van der Waals surface area (Å²) in [6.07, 6.45) is 2.39. The van der Waals surface area contributed by atoms with Gasteiger partial charge in [0.25, 0.3) is 11.5 Å². The molecule has 0 radical (unpaired) electrons. The zero-order valence-corrected chi connectivity index (χ0v) is 14.8. The van der Waals surface area contributed by atoms with E-state index in [1.54, 1.807) is 18.3 Å². The van der Waals surface area contributed by atoms with Crippen molar-refractivity contribution < 1.29 is 18.7 Å².